The Balaban J connectivity index is 1.40. The Morgan fingerprint density at radius 3 is 2.15 bits per heavy atom. The van der Waals surface area contributed by atoms with Gasteiger partial charge in [0.1, 0.15) is 11.9 Å². The van der Waals surface area contributed by atoms with E-state index in [-0.39, 0.29) is 13.2 Å². The van der Waals surface area contributed by atoms with Gasteiger partial charge in [-0.1, -0.05) is 97.4 Å². The maximum Gasteiger partial charge on any atom is 0.341 e. The predicted molar refractivity (Wildman–Crippen MR) is 175 cm³/mol. The lowest BCUT2D eigenvalue weighted by atomic mass is 9.77. The zero-order valence-corrected chi connectivity index (χ0v) is 27.1. The molecule has 6 rings (SSSR count). The lowest BCUT2D eigenvalue weighted by Gasteiger charge is -2.49. The average Bonchev–Trinajstić information content (AvgIpc) is 3.47. The summed E-state index contributed by atoms with van der Waals surface area (Å²) < 4.78 is 37.8. The van der Waals surface area contributed by atoms with Crippen LogP contribution >= 0.6 is 11.6 Å². The van der Waals surface area contributed by atoms with Crippen LogP contribution in [0.3, 0.4) is 0 Å². The lowest BCUT2D eigenvalue weighted by molar-refractivity contribution is -0.330. The predicted octanol–water partition coefficient (Wildman–Crippen LogP) is 7.26. The molecule has 2 aliphatic heterocycles. The van der Waals surface area contributed by atoms with Crippen LogP contribution in [-0.2, 0) is 53.9 Å². The number of methoxy groups -OCH3 is 1. The summed E-state index contributed by atoms with van der Waals surface area (Å²) in [4.78, 5) is 13.5. The highest BCUT2D eigenvalue weighted by Crippen LogP contribution is 2.54. The quantitative estimate of drug-likeness (QED) is 0.151. The number of carbonyl (C=O) groups excluding carboxylic acids is 1. The number of esters is 1. The van der Waals surface area contributed by atoms with Gasteiger partial charge in [0.25, 0.3) is 0 Å². The van der Waals surface area contributed by atoms with E-state index in [0.717, 1.165) is 28.0 Å². The molecule has 2 aliphatic rings. The van der Waals surface area contributed by atoms with Gasteiger partial charge >= 0.3 is 5.97 Å². The number of hydrogen-bond acceptors (Lipinski definition) is 7. The van der Waals surface area contributed by atoms with Gasteiger partial charge in [0.2, 0.25) is 5.79 Å². The fourth-order valence-corrected chi connectivity index (χ4v) is 6.58. The van der Waals surface area contributed by atoms with Crippen LogP contribution in [0.25, 0.3) is 0 Å². The van der Waals surface area contributed by atoms with E-state index >= 15 is 0 Å². The molecule has 2 saturated heterocycles. The summed E-state index contributed by atoms with van der Waals surface area (Å²) in [5, 5.41) is 0.606. The first kappa shape index (κ1) is 32.2. The first-order valence-corrected chi connectivity index (χ1v) is 16.0. The van der Waals surface area contributed by atoms with Crippen LogP contribution in [0.1, 0.15) is 41.7 Å². The van der Waals surface area contributed by atoms with Gasteiger partial charge in [-0.3, -0.25) is 0 Å². The minimum atomic E-state index is -1.48. The largest absolute Gasteiger partial charge is 0.494 e. The molecule has 0 spiro atoms. The number of halogens is 1. The van der Waals surface area contributed by atoms with Crippen LogP contribution < -0.4 is 4.74 Å². The molecule has 8 heteroatoms. The molecule has 0 amide bonds. The van der Waals surface area contributed by atoms with Crippen LogP contribution in [0, 0.1) is 5.92 Å². The normalized spacial score (nSPS) is 25.3. The van der Waals surface area contributed by atoms with E-state index in [0.29, 0.717) is 30.2 Å². The highest BCUT2D eigenvalue weighted by atomic mass is 35.5. The van der Waals surface area contributed by atoms with Crippen LogP contribution in [0.15, 0.2) is 103 Å². The zero-order valence-electron chi connectivity index (χ0n) is 26.3. The van der Waals surface area contributed by atoms with Crippen molar-refractivity contribution in [2.24, 2.45) is 5.92 Å². The molecule has 5 atom stereocenters. The third-order valence-electron chi connectivity index (χ3n) is 8.90. The van der Waals surface area contributed by atoms with Gasteiger partial charge in [-0.15, -0.1) is 0 Å². The third kappa shape index (κ3) is 6.31. The highest BCUT2D eigenvalue weighted by molar-refractivity contribution is 6.31. The number of benzene rings is 4. The Kier molecular flexibility index (Phi) is 9.78. The van der Waals surface area contributed by atoms with Crippen molar-refractivity contribution in [2.45, 2.75) is 57.1 Å². The van der Waals surface area contributed by atoms with Crippen LogP contribution in [0.5, 0.6) is 5.75 Å². The molecule has 2 heterocycles. The van der Waals surface area contributed by atoms with E-state index in [2.05, 4.69) is 0 Å². The van der Waals surface area contributed by atoms with Gasteiger partial charge in [0.05, 0.1) is 39.6 Å². The molecular formula is C38H39ClO7. The smallest absolute Gasteiger partial charge is 0.341 e. The fraction of sp³-hybridized carbons (Fsp3) is 0.342. The molecule has 0 N–H and O–H groups in total. The molecule has 240 valence electrons. The second-order valence-electron chi connectivity index (χ2n) is 11.8. The summed E-state index contributed by atoms with van der Waals surface area (Å²) in [7, 11) is 1.36. The molecule has 0 radical (unpaired) electrons. The Morgan fingerprint density at radius 2 is 1.52 bits per heavy atom. The zero-order chi connectivity index (χ0) is 32.1. The van der Waals surface area contributed by atoms with E-state index in [1.165, 1.54) is 7.11 Å². The third-order valence-corrected chi connectivity index (χ3v) is 9.27. The summed E-state index contributed by atoms with van der Waals surface area (Å²) in [5.74, 6) is -1.64. The summed E-state index contributed by atoms with van der Waals surface area (Å²) in [6, 6.07) is 33.5. The van der Waals surface area contributed by atoms with E-state index in [4.69, 9.17) is 40.0 Å². The average molecular weight is 643 g/mol. The molecule has 46 heavy (non-hydrogen) atoms. The summed E-state index contributed by atoms with van der Waals surface area (Å²) in [5.41, 5.74) is 3.21. The molecule has 4 aromatic rings. The Hall–Kier alpha value is -3.72. The van der Waals surface area contributed by atoms with Crippen LogP contribution in [0.2, 0.25) is 5.02 Å². The van der Waals surface area contributed by atoms with Crippen molar-refractivity contribution in [2.75, 3.05) is 20.3 Å². The van der Waals surface area contributed by atoms with E-state index in [1.54, 1.807) is 0 Å². The standard InChI is InChI=1S/C38H39ClO7/c1-4-42-32-18-15-27(16-19-32)21-30-22-31(17-20-33(30)39)38-35(44-24-29-13-9-6-10-14-29)34(43-23-28-11-7-5-8-12-28)26(2)37(46-38,25-45-38)36(40)41-3/h5-20,22,26,34-35H,4,21,23-25H2,1-3H3/t26-,34-,35+,37-,38-/m0/s1. The maximum absolute atomic E-state index is 13.5. The lowest BCUT2D eigenvalue weighted by Crippen LogP contribution is -2.64. The molecule has 7 nitrogen and oxygen atoms in total. The van der Waals surface area contributed by atoms with Crippen molar-refractivity contribution in [3.63, 3.8) is 0 Å². The molecule has 0 saturated carbocycles. The second kappa shape index (κ2) is 14.0. The van der Waals surface area contributed by atoms with Gasteiger partial charge < -0.3 is 28.4 Å². The molecule has 2 fully saturated rings. The molecule has 2 bridgehead atoms. The Labute approximate surface area is 275 Å². The van der Waals surface area contributed by atoms with Crippen molar-refractivity contribution in [1.29, 1.82) is 0 Å². The molecule has 0 aromatic heterocycles. The monoisotopic (exact) mass is 642 g/mol. The number of hydrogen-bond donors (Lipinski definition) is 0. The van der Waals surface area contributed by atoms with Gasteiger partial charge in [-0.25, -0.2) is 4.79 Å². The van der Waals surface area contributed by atoms with Crippen LogP contribution in [-0.4, -0.2) is 44.1 Å². The molecule has 0 unspecified atom stereocenters. The number of rotatable bonds is 12. The highest BCUT2D eigenvalue weighted by Gasteiger charge is 2.71. The number of ether oxygens (including phenoxy) is 6. The van der Waals surface area contributed by atoms with Crippen molar-refractivity contribution in [3.05, 3.63) is 136 Å². The topological polar surface area (TPSA) is 72.5 Å². The van der Waals surface area contributed by atoms with E-state index in [1.807, 2.05) is 117 Å². The van der Waals surface area contributed by atoms with Crippen LogP contribution in [0.4, 0.5) is 0 Å². The van der Waals surface area contributed by atoms with Crippen molar-refractivity contribution in [3.8, 4) is 5.75 Å². The molecule has 0 aliphatic carbocycles. The van der Waals surface area contributed by atoms with Gasteiger partial charge in [-0.2, -0.15) is 0 Å². The summed E-state index contributed by atoms with van der Waals surface area (Å²) in [6.07, 6.45) is -0.771. The first-order chi connectivity index (χ1) is 22.4. The minimum absolute atomic E-state index is 0.0198. The second-order valence-corrected chi connectivity index (χ2v) is 12.2. The number of fused-ring (bicyclic) bond motifs is 2. The summed E-state index contributed by atoms with van der Waals surface area (Å²) >= 11 is 6.78. The first-order valence-electron chi connectivity index (χ1n) is 15.6. The Morgan fingerprint density at radius 1 is 0.870 bits per heavy atom. The van der Waals surface area contributed by atoms with E-state index < -0.39 is 35.5 Å². The molecular weight excluding hydrogens is 604 g/mol. The van der Waals surface area contributed by atoms with Crippen molar-refractivity contribution in [1.82, 2.24) is 0 Å². The van der Waals surface area contributed by atoms with E-state index in [9.17, 15) is 4.79 Å². The fourth-order valence-electron chi connectivity index (χ4n) is 6.40. The Bertz CT molecular complexity index is 1610. The summed E-state index contributed by atoms with van der Waals surface area (Å²) in [6.45, 7) is 5.08. The van der Waals surface area contributed by atoms with Gasteiger partial charge in [-0.05, 0) is 59.9 Å². The number of carbonyl (C=O) groups is 1. The van der Waals surface area contributed by atoms with Crippen molar-refractivity contribution < 1.29 is 33.2 Å². The van der Waals surface area contributed by atoms with Gasteiger partial charge in [0, 0.05) is 16.5 Å². The molecule has 4 aromatic carbocycles. The maximum atomic E-state index is 13.5. The van der Waals surface area contributed by atoms with Gasteiger partial charge in [0.15, 0.2) is 5.60 Å². The SMILES string of the molecule is CCOc1ccc(Cc2cc([C@]34OC[C@](C(=O)OC)(O3)[C@@H](C)[C@H](OCc3ccccc3)[C@H]4OCc3ccccc3)ccc2Cl)cc1. The minimum Gasteiger partial charge on any atom is -0.494 e. The van der Waals surface area contributed by atoms with Crippen molar-refractivity contribution >= 4 is 17.6 Å².